The van der Waals surface area contributed by atoms with Gasteiger partial charge in [0.25, 0.3) is 0 Å². The van der Waals surface area contributed by atoms with Gasteiger partial charge in [-0.25, -0.2) is 0 Å². The number of ether oxygens (including phenoxy) is 1. The second-order valence-corrected chi connectivity index (χ2v) is 3.52. The Morgan fingerprint density at radius 2 is 1.38 bits per heavy atom. The molecule has 0 fully saturated rings. The molecule has 0 aromatic heterocycles. The molecule has 0 heterocycles. The summed E-state index contributed by atoms with van der Waals surface area (Å²) in [5.74, 6) is 0.923. The molecule has 0 amide bonds. The molecule has 0 saturated heterocycles. The molecule has 16 heavy (non-hydrogen) atoms. The standard InChI is InChI=1S/C14H14O.H2O/c1-11-7-3-4-8-12(11)13-9-5-6-10-14(13)15-2;/h3-10H,1-2H3;1H2. The van der Waals surface area contributed by atoms with E-state index < -0.39 is 0 Å². The molecular formula is C14H16O2. The summed E-state index contributed by atoms with van der Waals surface area (Å²) in [6.07, 6.45) is 0. The fraction of sp³-hybridized carbons (Fsp3) is 0.143. The Morgan fingerprint density at radius 3 is 2.00 bits per heavy atom. The third kappa shape index (κ3) is 2.23. The minimum atomic E-state index is 0. The molecule has 0 saturated carbocycles. The van der Waals surface area contributed by atoms with Crippen LogP contribution >= 0.6 is 0 Å². The lowest BCUT2D eigenvalue weighted by molar-refractivity contribution is 0.416. The van der Waals surface area contributed by atoms with Crippen molar-refractivity contribution in [1.29, 1.82) is 0 Å². The van der Waals surface area contributed by atoms with Crippen LogP contribution in [0.5, 0.6) is 5.75 Å². The topological polar surface area (TPSA) is 40.7 Å². The van der Waals surface area contributed by atoms with Crippen molar-refractivity contribution in [3.8, 4) is 16.9 Å². The van der Waals surface area contributed by atoms with Crippen LogP contribution in [-0.4, -0.2) is 12.6 Å². The number of aryl methyl sites for hydroxylation is 1. The van der Waals surface area contributed by atoms with Gasteiger partial charge in [-0.2, -0.15) is 0 Å². The van der Waals surface area contributed by atoms with Crippen LogP contribution in [0.4, 0.5) is 0 Å². The molecular weight excluding hydrogens is 200 g/mol. The highest BCUT2D eigenvalue weighted by Crippen LogP contribution is 2.31. The van der Waals surface area contributed by atoms with Gasteiger partial charge in [0, 0.05) is 5.56 Å². The SMILES string of the molecule is COc1ccccc1-c1ccccc1C.O. The monoisotopic (exact) mass is 216 g/mol. The molecule has 0 spiro atoms. The predicted octanol–water partition coefficient (Wildman–Crippen LogP) is 2.85. The minimum absolute atomic E-state index is 0. The van der Waals surface area contributed by atoms with Crippen LogP contribution in [0.2, 0.25) is 0 Å². The Morgan fingerprint density at radius 1 is 0.812 bits per heavy atom. The van der Waals surface area contributed by atoms with E-state index in [2.05, 4.69) is 31.2 Å². The second-order valence-electron chi connectivity index (χ2n) is 3.52. The summed E-state index contributed by atoms with van der Waals surface area (Å²) >= 11 is 0. The van der Waals surface area contributed by atoms with Gasteiger partial charge in [-0.15, -0.1) is 0 Å². The largest absolute Gasteiger partial charge is 0.496 e. The summed E-state index contributed by atoms with van der Waals surface area (Å²) < 4.78 is 5.35. The van der Waals surface area contributed by atoms with E-state index in [1.165, 1.54) is 11.1 Å². The second kappa shape index (κ2) is 5.33. The van der Waals surface area contributed by atoms with Gasteiger partial charge in [-0.1, -0.05) is 42.5 Å². The molecule has 0 aliphatic rings. The Bertz CT molecular complexity index is 464. The highest BCUT2D eigenvalue weighted by Gasteiger charge is 2.05. The van der Waals surface area contributed by atoms with Gasteiger partial charge in [-0.05, 0) is 24.1 Å². The molecule has 2 heteroatoms. The van der Waals surface area contributed by atoms with Gasteiger partial charge in [0.1, 0.15) is 5.75 Å². The lowest BCUT2D eigenvalue weighted by Crippen LogP contribution is -1.88. The number of para-hydroxylation sites is 1. The van der Waals surface area contributed by atoms with E-state index in [0.717, 1.165) is 11.3 Å². The number of hydrogen-bond donors (Lipinski definition) is 0. The Kier molecular flexibility index (Phi) is 4.09. The summed E-state index contributed by atoms with van der Waals surface area (Å²) in [6.45, 7) is 2.11. The van der Waals surface area contributed by atoms with Gasteiger partial charge >= 0.3 is 0 Å². The zero-order chi connectivity index (χ0) is 10.7. The quantitative estimate of drug-likeness (QED) is 0.761. The summed E-state index contributed by atoms with van der Waals surface area (Å²) in [6, 6.07) is 16.4. The van der Waals surface area contributed by atoms with E-state index in [0.29, 0.717) is 0 Å². The average Bonchev–Trinajstić information content (AvgIpc) is 2.30. The highest BCUT2D eigenvalue weighted by molar-refractivity contribution is 5.73. The molecule has 0 unspecified atom stereocenters. The number of methoxy groups -OCH3 is 1. The zero-order valence-corrected chi connectivity index (χ0v) is 9.53. The molecule has 2 aromatic carbocycles. The Labute approximate surface area is 95.8 Å². The van der Waals surface area contributed by atoms with Gasteiger partial charge in [-0.3, -0.25) is 0 Å². The smallest absolute Gasteiger partial charge is 0.126 e. The van der Waals surface area contributed by atoms with Crippen LogP contribution in [0, 0.1) is 6.92 Å². The molecule has 0 aliphatic heterocycles. The van der Waals surface area contributed by atoms with Gasteiger partial charge in [0.05, 0.1) is 7.11 Å². The van der Waals surface area contributed by atoms with E-state index in [9.17, 15) is 0 Å². The number of benzene rings is 2. The number of rotatable bonds is 2. The molecule has 0 aliphatic carbocycles. The van der Waals surface area contributed by atoms with Crippen molar-refractivity contribution in [2.45, 2.75) is 6.92 Å². The maximum atomic E-state index is 5.35. The molecule has 2 N–H and O–H groups in total. The Hall–Kier alpha value is -1.80. The first-order chi connectivity index (χ1) is 7.33. The van der Waals surface area contributed by atoms with Crippen molar-refractivity contribution in [3.05, 3.63) is 54.1 Å². The van der Waals surface area contributed by atoms with E-state index in [1.807, 2.05) is 24.3 Å². The van der Waals surface area contributed by atoms with Crippen molar-refractivity contribution in [2.24, 2.45) is 0 Å². The minimum Gasteiger partial charge on any atom is -0.496 e. The third-order valence-electron chi connectivity index (χ3n) is 2.54. The molecule has 0 bridgehead atoms. The molecule has 2 aromatic rings. The first kappa shape index (κ1) is 12.3. The maximum absolute atomic E-state index is 5.35. The summed E-state index contributed by atoms with van der Waals surface area (Å²) in [7, 11) is 1.71. The normalized spacial score (nSPS) is 9.38. The lowest BCUT2D eigenvalue weighted by atomic mass is 10.00. The van der Waals surface area contributed by atoms with Crippen LogP contribution < -0.4 is 4.74 Å². The van der Waals surface area contributed by atoms with E-state index in [-0.39, 0.29) is 5.48 Å². The lowest BCUT2D eigenvalue weighted by Gasteiger charge is -2.10. The maximum Gasteiger partial charge on any atom is 0.126 e. The van der Waals surface area contributed by atoms with Gasteiger partial charge in [0.2, 0.25) is 0 Å². The summed E-state index contributed by atoms with van der Waals surface area (Å²) in [5.41, 5.74) is 3.65. The van der Waals surface area contributed by atoms with Crippen molar-refractivity contribution >= 4 is 0 Å². The van der Waals surface area contributed by atoms with Crippen LogP contribution in [-0.2, 0) is 0 Å². The van der Waals surface area contributed by atoms with Crippen molar-refractivity contribution < 1.29 is 10.2 Å². The summed E-state index contributed by atoms with van der Waals surface area (Å²) in [4.78, 5) is 0. The van der Waals surface area contributed by atoms with Crippen molar-refractivity contribution in [3.63, 3.8) is 0 Å². The first-order valence-corrected chi connectivity index (χ1v) is 5.02. The van der Waals surface area contributed by atoms with Gasteiger partial charge < -0.3 is 10.2 Å². The van der Waals surface area contributed by atoms with Crippen molar-refractivity contribution in [2.75, 3.05) is 7.11 Å². The van der Waals surface area contributed by atoms with E-state index >= 15 is 0 Å². The van der Waals surface area contributed by atoms with Crippen LogP contribution in [0.1, 0.15) is 5.56 Å². The van der Waals surface area contributed by atoms with Crippen LogP contribution in [0.15, 0.2) is 48.5 Å². The molecule has 2 rings (SSSR count). The molecule has 2 nitrogen and oxygen atoms in total. The third-order valence-corrected chi connectivity index (χ3v) is 2.54. The van der Waals surface area contributed by atoms with Crippen LogP contribution in [0.3, 0.4) is 0 Å². The number of hydrogen-bond acceptors (Lipinski definition) is 1. The summed E-state index contributed by atoms with van der Waals surface area (Å²) in [5, 5.41) is 0. The fourth-order valence-corrected chi connectivity index (χ4v) is 1.74. The highest BCUT2D eigenvalue weighted by atomic mass is 16.5. The van der Waals surface area contributed by atoms with Crippen LogP contribution in [0.25, 0.3) is 11.1 Å². The van der Waals surface area contributed by atoms with E-state index in [4.69, 9.17) is 4.74 Å². The van der Waals surface area contributed by atoms with E-state index in [1.54, 1.807) is 7.11 Å². The fourth-order valence-electron chi connectivity index (χ4n) is 1.74. The molecule has 0 atom stereocenters. The first-order valence-electron chi connectivity index (χ1n) is 5.02. The Balaban J connectivity index is 0.00000128. The molecule has 0 radical (unpaired) electrons. The van der Waals surface area contributed by atoms with Gasteiger partial charge in [0.15, 0.2) is 0 Å². The zero-order valence-electron chi connectivity index (χ0n) is 9.53. The predicted molar refractivity (Wildman–Crippen MR) is 66.8 cm³/mol. The molecule has 84 valence electrons. The van der Waals surface area contributed by atoms with Crippen molar-refractivity contribution in [1.82, 2.24) is 0 Å². The average molecular weight is 216 g/mol.